The third kappa shape index (κ3) is 3.28. The number of aryl methyl sites for hydroxylation is 1. The molecule has 0 spiro atoms. The highest BCUT2D eigenvalue weighted by Crippen LogP contribution is 2.33. The molecule has 2 rings (SSSR count). The van der Waals surface area contributed by atoms with Gasteiger partial charge in [-0.2, -0.15) is 0 Å². The number of fused-ring (bicyclic) bond motifs is 1. The fourth-order valence-electron chi connectivity index (χ4n) is 2.04. The third-order valence-electron chi connectivity index (χ3n) is 3.24. The van der Waals surface area contributed by atoms with Crippen molar-refractivity contribution in [3.8, 4) is 0 Å². The molecule has 0 aliphatic carbocycles. The number of anilines is 2. The lowest BCUT2D eigenvalue weighted by molar-refractivity contribution is -0.384. The molecule has 8 nitrogen and oxygen atoms in total. The van der Waals surface area contributed by atoms with E-state index in [1.165, 1.54) is 17.0 Å². The number of amides is 2. The molecule has 21 heavy (non-hydrogen) atoms. The normalized spacial score (nSPS) is 13.1. The fraction of sp³-hybridized carbons (Fsp3) is 0.385. The largest absolute Gasteiger partial charge is 0.370 e. The number of nitrogens with one attached hydrogen (secondary N) is 2. The first-order valence-electron chi connectivity index (χ1n) is 6.43. The Morgan fingerprint density at radius 1 is 1.43 bits per heavy atom. The van der Waals surface area contributed by atoms with Crippen LogP contribution in [0.4, 0.5) is 17.1 Å². The van der Waals surface area contributed by atoms with Crippen LogP contribution in [0, 0.1) is 10.1 Å². The molecule has 0 atom stereocenters. The van der Waals surface area contributed by atoms with Crippen molar-refractivity contribution in [2.45, 2.75) is 12.8 Å². The molecule has 112 valence electrons. The molecule has 0 saturated heterocycles. The summed E-state index contributed by atoms with van der Waals surface area (Å²) in [6.07, 6.45) is 0.787. The summed E-state index contributed by atoms with van der Waals surface area (Å²) in [4.78, 5) is 35.0. The van der Waals surface area contributed by atoms with Crippen molar-refractivity contribution < 1.29 is 14.5 Å². The van der Waals surface area contributed by atoms with Crippen LogP contribution in [0.5, 0.6) is 0 Å². The van der Waals surface area contributed by atoms with Gasteiger partial charge in [0.05, 0.1) is 11.5 Å². The molecule has 0 bridgehead atoms. The SMILES string of the molecule is CN(C)C(=O)CNc1cc2c(cc1[N+](=O)[O-])CCC(=O)N2. The first kappa shape index (κ1) is 14.8. The zero-order valence-corrected chi connectivity index (χ0v) is 11.8. The Morgan fingerprint density at radius 3 is 2.76 bits per heavy atom. The Morgan fingerprint density at radius 2 is 2.14 bits per heavy atom. The van der Waals surface area contributed by atoms with Gasteiger partial charge in [0.25, 0.3) is 5.69 Å². The van der Waals surface area contributed by atoms with E-state index in [-0.39, 0.29) is 29.7 Å². The highest BCUT2D eigenvalue weighted by molar-refractivity contribution is 5.95. The second-order valence-corrected chi connectivity index (χ2v) is 4.97. The van der Waals surface area contributed by atoms with E-state index in [4.69, 9.17) is 0 Å². The molecule has 8 heteroatoms. The number of nitro groups is 1. The summed E-state index contributed by atoms with van der Waals surface area (Å²) in [5.41, 5.74) is 1.40. The Labute approximate surface area is 121 Å². The molecule has 1 aliphatic heterocycles. The van der Waals surface area contributed by atoms with Crippen molar-refractivity contribution in [1.82, 2.24) is 4.90 Å². The summed E-state index contributed by atoms with van der Waals surface area (Å²) >= 11 is 0. The summed E-state index contributed by atoms with van der Waals surface area (Å²) in [5, 5.41) is 16.6. The zero-order valence-electron chi connectivity index (χ0n) is 11.8. The van der Waals surface area contributed by atoms with Gasteiger partial charge in [0.15, 0.2) is 0 Å². The van der Waals surface area contributed by atoms with Crippen molar-refractivity contribution in [2.24, 2.45) is 0 Å². The highest BCUT2D eigenvalue weighted by atomic mass is 16.6. The first-order valence-corrected chi connectivity index (χ1v) is 6.43. The van der Waals surface area contributed by atoms with E-state index in [0.717, 1.165) is 5.56 Å². The molecule has 1 aromatic rings. The molecule has 0 aromatic heterocycles. The number of carbonyl (C=O) groups is 2. The molecule has 0 unspecified atom stereocenters. The lowest BCUT2D eigenvalue weighted by Gasteiger charge is -2.18. The van der Waals surface area contributed by atoms with Gasteiger partial charge in [0.1, 0.15) is 5.69 Å². The molecular formula is C13H16N4O4. The van der Waals surface area contributed by atoms with Crippen molar-refractivity contribution in [2.75, 3.05) is 31.3 Å². The minimum absolute atomic E-state index is 0.0550. The Hall–Kier alpha value is -2.64. The molecule has 2 amide bonds. The highest BCUT2D eigenvalue weighted by Gasteiger charge is 2.22. The number of likely N-dealkylation sites (N-methyl/N-ethyl adjacent to an activating group) is 1. The van der Waals surface area contributed by atoms with Gasteiger partial charge in [-0.3, -0.25) is 19.7 Å². The van der Waals surface area contributed by atoms with Gasteiger partial charge < -0.3 is 15.5 Å². The van der Waals surface area contributed by atoms with Crippen molar-refractivity contribution in [1.29, 1.82) is 0 Å². The lowest BCUT2D eigenvalue weighted by atomic mass is 10.0. The molecule has 1 aliphatic rings. The van der Waals surface area contributed by atoms with Crippen LogP contribution in [0.1, 0.15) is 12.0 Å². The van der Waals surface area contributed by atoms with Crippen molar-refractivity contribution in [3.63, 3.8) is 0 Å². The maximum absolute atomic E-state index is 11.6. The maximum Gasteiger partial charge on any atom is 0.292 e. The Balaban J connectivity index is 2.30. The summed E-state index contributed by atoms with van der Waals surface area (Å²) in [6.45, 7) is -0.0550. The van der Waals surface area contributed by atoms with Crippen LogP contribution in [0.15, 0.2) is 12.1 Å². The standard InChI is InChI=1S/C13H16N4O4/c1-16(2)13(19)7-14-10-6-9-8(3-4-12(18)15-9)5-11(10)17(20)21/h5-6,14H,3-4,7H2,1-2H3,(H,15,18). The molecule has 0 radical (unpaired) electrons. The minimum atomic E-state index is -0.501. The number of nitro benzene ring substituents is 1. The second-order valence-electron chi connectivity index (χ2n) is 4.97. The van der Waals surface area contributed by atoms with E-state index in [1.54, 1.807) is 14.1 Å². The van der Waals surface area contributed by atoms with Gasteiger partial charge in [-0.05, 0) is 18.1 Å². The number of hydrogen-bond donors (Lipinski definition) is 2. The van der Waals surface area contributed by atoms with E-state index in [0.29, 0.717) is 18.5 Å². The third-order valence-corrected chi connectivity index (χ3v) is 3.24. The number of hydrogen-bond acceptors (Lipinski definition) is 5. The molecule has 2 N–H and O–H groups in total. The average molecular weight is 292 g/mol. The van der Waals surface area contributed by atoms with Crippen LogP contribution in [0.3, 0.4) is 0 Å². The summed E-state index contributed by atoms with van der Waals surface area (Å²) in [5.74, 6) is -0.322. The summed E-state index contributed by atoms with van der Waals surface area (Å²) in [6, 6.07) is 2.95. The van der Waals surface area contributed by atoms with Crippen molar-refractivity contribution >= 4 is 28.9 Å². The quantitative estimate of drug-likeness (QED) is 0.636. The van der Waals surface area contributed by atoms with E-state index in [2.05, 4.69) is 10.6 Å². The van der Waals surface area contributed by atoms with Crippen LogP contribution >= 0.6 is 0 Å². The average Bonchev–Trinajstić information content (AvgIpc) is 2.43. The summed E-state index contributed by atoms with van der Waals surface area (Å²) in [7, 11) is 3.21. The van der Waals surface area contributed by atoms with Gasteiger partial charge in [0.2, 0.25) is 11.8 Å². The van der Waals surface area contributed by atoms with Crippen LogP contribution in [-0.4, -0.2) is 42.3 Å². The van der Waals surface area contributed by atoms with Crippen LogP contribution in [-0.2, 0) is 16.0 Å². The van der Waals surface area contributed by atoms with Gasteiger partial charge in [-0.15, -0.1) is 0 Å². The van der Waals surface area contributed by atoms with E-state index in [9.17, 15) is 19.7 Å². The lowest BCUT2D eigenvalue weighted by Crippen LogP contribution is -2.29. The van der Waals surface area contributed by atoms with E-state index in [1.807, 2.05) is 0 Å². The van der Waals surface area contributed by atoms with E-state index >= 15 is 0 Å². The fourth-order valence-corrected chi connectivity index (χ4v) is 2.04. The van der Waals surface area contributed by atoms with Crippen LogP contribution in [0.2, 0.25) is 0 Å². The summed E-state index contributed by atoms with van der Waals surface area (Å²) < 4.78 is 0. The second kappa shape index (κ2) is 5.78. The molecule has 0 fully saturated rings. The monoisotopic (exact) mass is 292 g/mol. The predicted octanol–water partition coefficient (Wildman–Crippen LogP) is 0.980. The van der Waals surface area contributed by atoms with Gasteiger partial charge in [-0.1, -0.05) is 0 Å². The first-order chi connectivity index (χ1) is 9.88. The van der Waals surface area contributed by atoms with Gasteiger partial charge >= 0.3 is 0 Å². The minimum Gasteiger partial charge on any atom is -0.370 e. The number of nitrogens with zero attached hydrogens (tertiary/aromatic N) is 2. The zero-order chi connectivity index (χ0) is 15.6. The van der Waals surface area contributed by atoms with Gasteiger partial charge in [0, 0.05) is 32.3 Å². The predicted molar refractivity (Wildman–Crippen MR) is 77.2 cm³/mol. The Bertz CT molecular complexity index is 612. The molecule has 1 aromatic carbocycles. The molecule has 0 saturated carbocycles. The molecule has 1 heterocycles. The number of benzene rings is 1. The topological polar surface area (TPSA) is 105 Å². The van der Waals surface area contributed by atoms with Crippen LogP contribution in [0.25, 0.3) is 0 Å². The number of carbonyl (C=O) groups excluding carboxylic acids is 2. The van der Waals surface area contributed by atoms with Gasteiger partial charge in [-0.25, -0.2) is 0 Å². The van der Waals surface area contributed by atoms with Crippen molar-refractivity contribution in [3.05, 3.63) is 27.8 Å². The molecular weight excluding hydrogens is 276 g/mol. The Kier molecular flexibility index (Phi) is 4.06. The van der Waals surface area contributed by atoms with E-state index < -0.39 is 4.92 Å². The maximum atomic E-state index is 11.6. The number of rotatable bonds is 4. The van der Waals surface area contributed by atoms with Crippen LogP contribution < -0.4 is 10.6 Å². The smallest absolute Gasteiger partial charge is 0.292 e.